The van der Waals surface area contributed by atoms with E-state index in [-0.39, 0.29) is 5.91 Å². The molecule has 1 amide bonds. The van der Waals surface area contributed by atoms with E-state index < -0.39 is 0 Å². The van der Waals surface area contributed by atoms with Gasteiger partial charge in [0.2, 0.25) is 5.91 Å². The number of thioether (sulfide) groups is 1. The van der Waals surface area contributed by atoms with Crippen molar-refractivity contribution in [3.05, 3.63) is 29.8 Å². The minimum absolute atomic E-state index is 0.150. The van der Waals surface area contributed by atoms with Crippen molar-refractivity contribution in [1.82, 2.24) is 15.5 Å². The lowest BCUT2D eigenvalue weighted by molar-refractivity contribution is -0.121. The summed E-state index contributed by atoms with van der Waals surface area (Å²) >= 11 is 1.85. The second kappa shape index (κ2) is 11.1. The normalized spacial score (nSPS) is 15.8. The Balaban J connectivity index is 1.79. The van der Waals surface area contributed by atoms with E-state index in [4.69, 9.17) is 4.99 Å². The van der Waals surface area contributed by atoms with Crippen molar-refractivity contribution < 1.29 is 4.79 Å². The van der Waals surface area contributed by atoms with Gasteiger partial charge in [-0.05, 0) is 44.7 Å². The first kappa shape index (κ1) is 20.6. The fourth-order valence-corrected chi connectivity index (χ4v) is 3.84. The largest absolute Gasteiger partial charge is 0.359 e. The molecule has 0 unspecified atom stereocenters. The number of piperidine rings is 1. The van der Waals surface area contributed by atoms with Crippen LogP contribution in [0.3, 0.4) is 0 Å². The van der Waals surface area contributed by atoms with E-state index in [1.807, 2.05) is 11.8 Å². The zero-order valence-electron chi connectivity index (χ0n) is 16.3. The number of hydrogen-bond donors (Lipinski definition) is 2. The number of nitrogens with zero attached hydrogens (tertiary/aromatic N) is 2. The monoisotopic (exact) mass is 376 g/mol. The molecule has 0 aromatic heterocycles. The maximum absolute atomic E-state index is 11.5. The quantitative estimate of drug-likeness (QED) is 0.332. The summed E-state index contributed by atoms with van der Waals surface area (Å²) in [4.78, 5) is 20.0. The van der Waals surface area contributed by atoms with E-state index in [2.05, 4.69) is 53.6 Å². The highest BCUT2D eigenvalue weighted by atomic mass is 32.2. The van der Waals surface area contributed by atoms with Gasteiger partial charge in [-0.25, -0.2) is 0 Å². The molecule has 144 valence electrons. The van der Waals surface area contributed by atoms with Crippen molar-refractivity contribution in [3.63, 3.8) is 0 Å². The first-order chi connectivity index (χ1) is 12.6. The maximum atomic E-state index is 11.5. The number of likely N-dealkylation sites (tertiary alicyclic amines) is 1. The van der Waals surface area contributed by atoms with Gasteiger partial charge in [-0.1, -0.05) is 17.7 Å². The highest BCUT2D eigenvalue weighted by Gasteiger charge is 2.22. The maximum Gasteiger partial charge on any atom is 0.220 e. The Hall–Kier alpha value is -1.69. The van der Waals surface area contributed by atoms with E-state index in [0.717, 1.165) is 50.7 Å². The van der Waals surface area contributed by atoms with Crippen molar-refractivity contribution in [3.8, 4) is 0 Å². The molecular formula is C20H32N4OS. The summed E-state index contributed by atoms with van der Waals surface area (Å²) in [5.41, 5.74) is 1.29. The van der Waals surface area contributed by atoms with Gasteiger partial charge in [0.1, 0.15) is 0 Å². The van der Waals surface area contributed by atoms with Crippen LogP contribution >= 0.6 is 11.8 Å². The van der Waals surface area contributed by atoms with Crippen molar-refractivity contribution in [2.24, 2.45) is 10.9 Å². The third-order valence-electron chi connectivity index (χ3n) is 4.64. The molecule has 1 aromatic carbocycles. The number of carbonyl (C=O) groups excluding carboxylic acids is 1. The molecule has 2 N–H and O–H groups in total. The smallest absolute Gasteiger partial charge is 0.220 e. The Kier molecular flexibility index (Phi) is 8.81. The van der Waals surface area contributed by atoms with Crippen LogP contribution in [0.25, 0.3) is 0 Å². The number of aliphatic imine (C=N–C) groups is 1. The number of amides is 1. The lowest BCUT2D eigenvalue weighted by Crippen LogP contribution is -2.46. The van der Waals surface area contributed by atoms with Crippen LogP contribution in [-0.2, 0) is 4.79 Å². The van der Waals surface area contributed by atoms with Gasteiger partial charge in [-0.3, -0.25) is 9.79 Å². The molecule has 6 heteroatoms. The third-order valence-corrected chi connectivity index (χ3v) is 5.64. The summed E-state index contributed by atoms with van der Waals surface area (Å²) in [5, 5.41) is 6.14. The second-order valence-corrected chi connectivity index (χ2v) is 7.87. The van der Waals surface area contributed by atoms with Gasteiger partial charge in [-0.15, -0.1) is 11.8 Å². The Morgan fingerprint density at radius 2 is 1.96 bits per heavy atom. The molecule has 2 rings (SSSR count). The molecule has 1 aromatic rings. The van der Waals surface area contributed by atoms with Crippen LogP contribution in [-0.4, -0.2) is 55.7 Å². The van der Waals surface area contributed by atoms with E-state index >= 15 is 0 Å². The van der Waals surface area contributed by atoms with Gasteiger partial charge >= 0.3 is 0 Å². The van der Waals surface area contributed by atoms with E-state index in [0.29, 0.717) is 12.3 Å². The summed E-state index contributed by atoms with van der Waals surface area (Å²) < 4.78 is 0. The molecule has 5 nitrogen and oxygen atoms in total. The van der Waals surface area contributed by atoms with Crippen LogP contribution in [0.5, 0.6) is 0 Å². The van der Waals surface area contributed by atoms with E-state index in [1.165, 1.54) is 10.5 Å². The van der Waals surface area contributed by atoms with Crippen molar-refractivity contribution in [1.29, 1.82) is 0 Å². The van der Waals surface area contributed by atoms with Crippen LogP contribution in [0.15, 0.2) is 34.2 Å². The lowest BCUT2D eigenvalue weighted by atomic mass is 9.93. The number of hydrogen-bond acceptors (Lipinski definition) is 3. The summed E-state index contributed by atoms with van der Waals surface area (Å²) in [5.74, 6) is 2.63. The highest BCUT2D eigenvalue weighted by Crippen LogP contribution is 2.21. The first-order valence-corrected chi connectivity index (χ1v) is 10.5. The fraction of sp³-hybridized carbons (Fsp3) is 0.600. The molecule has 0 aliphatic carbocycles. The number of guanidine groups is 1. The molecule has 1 saturated heterocycles. The van der Waals surface area contributed by atoms with Crippen molar-refractivity contribution >= 4 is 23.6 Å². The Labute approximate surface area is 162 Å². The Morgan fingerprint density at radius 3 is 2.58 bits per heavy atom. The van der Waals surface area contributed by atoms with Crippen LogP contribution < -0.4 is 10.6 Å². The first-order valence-electron chi connectivity index (χ1n) is 9.55. The molecular weight excluding hydrogens is 344 g/mol. The van der Waals surface area contributed by atoms with Gasteiger partial charge in [-0.2, -0.15) is 0 Å². The number of nitrogens with one attached hydrogen (secondary N) is 2. The second-order valence-electron chi connectivity index (χ2n) is 6.70. The Morgan fingerprint density at radius 1 is 1.27 bits per heavy atom. The van der Waals surface area contributed by atoms with Crippen LogP contribution in [0.1, 0.15) is 31.7 Å². The van der Waals surface area contributed by atoms with Crippen LogP contribution in [0.4, 0.5) is 0 Å². The Bertz CT molecular complexity index is 580. The molecule has 0 saturated carbocycles. The highest BCUT2D eigenvalue weighted by molar-refractivity contribution is 7.99. The lowest BCUT2D eigenvalue weighted by Gasteiger charge is -2.34. The number of benzene rings is 1. The molecule has 26 heavy (non-hydrogen) atoms. The molecule has 1 heterocycles. The SMILES string of the molecule is CCNC(=NCCSc1ccc(C)cc1)N1CCC(CC(=O)NC)CC1. The molecule has 0 spiro atoms. The van der Waals surface area contributed by atoms with Gasteiger partial charge in [0, 0.05) is 43.8 Å². The van der Waals surface area contributed by atoms with Crippen LogP contribution in [0, 0.1) is 12.8 Å². The molecule has 0 radical (unpaired) electrons. The number of rotatable bonds is 7. The summed E-state index contributed by atoms with van der Waals surface area (Å²) in [6.45, 7) is 7.84. The summed E-state index contributed by atoms with van der Waals surface area (Å²) in [6.07, 6.45) is 2.75. The van der Waals surface area contributed by atoms with E-state index in [1.54, 1.807) is 7.05 Å². The van der Waals surface area contributed by atoms with E-state index in [9.17, 15) is 4.79 Å². The third kappa shape index (κ3) is 6.90. The topological polar surface area (TPSA) is 56.7 Å². The zero-order chi connectivity index (χ0) is 18.8. The molecule has 0 atom stereocenters. The molecule has 1 fully saturated rings. The van der Waals surface area contributed by atoms with Gasteiger partial charge in [0.25, 0.3) is 0 Å². The predicted octanol–water partition coefficient (Wildman–Crippen LogP) is 2.90. The van der Waals surface area contributed by atoms with Crippen LogP contribution in [0.2, 0.25) is 0 Å². The molecule has 1 aliphatic heterocycles. The minimum Gasteiger partial charge on any atom is -0.359 e. The number of carbonyl (C=O) groups is 1. The standard InChI is InChI=1S/C20H32N4OS/c1-4-22-20(23-11-14-26-18-7-5-16(2)6-8-18)24-12-9-17(10-13-24)15-19(25)21-3/h5-8,17H,4,9-15H2,1-3H3,(H,21,25)(H,22,23). The summed E-state index contributed by atoms with van der Waals surface area (Å²) in [7, 11) is 1.71. The number of aryl methyl sites for hydroxylation is 1. The minimum atomic E-state index is 0.150. The van der Waals surface area contributed by atoms with Crippen molar-refractivity contribution in [2.45, 2.75) is 38.0 Å². The molecule has 1 aliphatic rings. The van der Waals surface area contributed by atoms with Gasteiger partial charge in [0.05, 0.1) is 6.54 Å². The summed E-state index contributed by atoms with van der Waals surface area (Å²) in [6, 6.07) is 8.65. The average Bonchev–Trinajstić information content (AvgIpc) is 2.66. The fourth-order valence-electron chi connectivity index (χ4n) is 3.09. The van der Waals surface area contributed by atoms with Gasteiger partial charge < -0.3 is 15.5 Å². The average molecular weight is 377 g/mol. The van der Waals surface area contributed by atoms with Crippen molar-refractivity contribution in [2.75, 3.05) is 39.0 Å². The zero-order valence-corrected chi connectivity index (χ0v) is 17.1. The predicted molar refractivity (Wildman–Crippen MR) is 111 cm³/mol. The molecule has 0 bridgehead atoms. The van der Waals surface area contributed by atoms with Gasteiger partial charge in [0.15, 0.2) is 5.96 Å².